The van der Waals surface area contributed by atoms with Crippen LogP contribution in [0.3, 0.4) is 0 Å². The number of carbonyl (C=O) groups is 2. The first-order chi connectivity index (χ1) is 9.06. The average Bonchev–Trinajstić information content (AvgIpc) is 3.18. The molecule has 1 aromatic rings. The van der Waals surface area contributed by atoms with Gasteiger partial charge in [0.05, 0.1) is 0 Å². The van der Waals surface area contributed by atoms with Crippen molar-refractivity contribution in [2.75, 3.05) is 6.54 Å². The summed E-state index contributed by atoms with van der Waals surface area (Å²) in [6.07, 6.45) is 5.04. The zero-order chi connectivity index (χ0) is 13.8. The van der Waals surface area contributed by atoms with Gasteiger partial charge >= 0.3 is 5.97 Å². The number of rotatable bonds is 5. The Morgan fingerprint density at radius 1 is 1.42 bits per heavy atom. The molecule has 0 aromatic heterocycles. The number of carboxylic acids is 1. The number of carbonyl (C=O) groups excluding carboxylic acids is 1. The number of carboxylic acid groups (broad SMARTS) is 1. The lowest BCUT2D eigenvalue weighted by Gasteiger charge is -2.06. The van der Waals surface area contributed by atoms with E-state index >= 15 is 0 Å². The summed E-state index contributed by atoms with van der Waals surface area (Å²) in [5.74, 6) is -0.391. The Morgan fingerprint density at radius 3 is 2.74 bits per heavy atom. The van der Waals surface area contributed by atoms with E-state index in [9.17, 15) is 9.59 Å². The van der Waals surface area contributed by atoms with Crippen LogP contribution in [-0.4, -0.2) is 23.5 Å². The van der Waals surface area contributed by atoms with E-state index in [-0.39, 0.29) is 5.91 Å². The molecule has 2 rings (SSSR count). The minimum atomic E-state index is -0.981. The fourth-order valence-electron chi connectivity index (χ4n) is 1.83. The molecular weight excluding hydrogens is 242 g/mol. The summed E-state index contributed by atoms with van der Waals surface area (Å²) < 4.78 is 0. The molecule has 1 aromatic carbocycles. The van der Waals surface area contributed by atoms with Crippen molar-refractivity contribution in [2.45, 2.75) is 19.8 Å². The zero-order valence-corrected chi connectivity index (χ0v) is 10.8. The number of benzene rings is 1. The van der Waals surface area contributed by atoms with Crippen molar-refractivity contribution in [3.63, 3.8) is 0 Å². The molecule has 1 aliphatic carbocycles. The van der Waals surface area contributed by atoms with Crippen molar-refractivity contribution in [1.82, 2.24) is 5.32 Å². The third-order valence-electron chi connectivity index (χ3n) is 3.19. The molecule has 1 amide bonds. The Bertz CT molecular complexity index is 530. The molecule has 0 radical (unpaired) electrons. The number of amides is 1. The second-order valence-electron chi connectivity index (χ2n) is 4.90. The highest BCUT2D eigenvalue weighted by molar-refractivity contribution is 5.95. The van der Waals surface area contributed by atoms with Crippen molar-refractivity contribution in [3.05, 3.63) is 41.0 Å². The van der Waals surface area contributed by atoms with E-state index < -0.39 is 5.97 Å². The van der Waals surface area contributed by atoms with Crippen LogP contribution in [0.2, 0.25) is 0 Å². The van der Waals surface area contributed by atoms with Crippen LogP contribution in [0, 0.1) is 12.8 Å². The summed E-state index contributed by atoms with van der Waals surface area (Å²) in [6.45, 7) is 2.61. The molecule has 0 saturated heterocycles. The zero-order valence-electron chi connectivity index (χ0n) is 10.8. The SMILES string of the molecule is Cc1cc(C(=O)NCC2CC2)ccc1/C=C/C(=O)O. The summed E-state index contributed by atoms with van der Waals surface area (Å²) in [6, 6.07) is 5.27. The largest absolute Gasteiger partial charge is 0.478 e. The molecule has 1 aliphatic rings. The summed E-state index contributed by atoms with van der Waals surface area (Å²) in [7, 11) is 0. The summed E-state index contributed by atoms with van der Waals surface area (Å²) >= 11 is 0. The molecule has 0 aliphatic heterocycles. The Hall–Kier alpha value is -2.10. The van der Waals surface area contributed by atoms with Gasteiger partial charge in [0.25, 0.3) is 5.91 Å². The first kappa shape index (κ1) is 13.3. The molecule has 0 atom stereocenters. The van der Waals surface area contributed by atoms with Crippen molar-refractivity contribution in [3.8, 4) is 0 Å². The fourth-order valence-corrected chi connectivity index (χ4v) is 1.83. The van der Waals surface area contributed by atoms with Crippen LogP contribution in [-0.2, 0) is 4.79 Å². The second-order valence-corrected chi connectivity index (χ2v) is 4.90. The van der Waals surface area contributed by atoms with E-state index in [1.165, 1.54) is 18.9 Å². The molecule has 0 bridgehead atoms. The molecule has 1 saturated carbocycles. The summed E-state index contributed by atoms with van der Waals surface area (Å²) in [5.41, 5.74) is 2.31. The van der Waals surface area contributed by atoms with Gasteiger partial charge in [-0.25, -0.2) is 4.79 Å². The van der Waals surface area contributed by atoms with Gasteiger partial charge in [0.15, 0.2) is 0 Å². The standard InChI is InChI=1S/C15H17NO3/c1-10-8-13(15(19)16-9-11-2-3-11)5-4-12(10)6-7-14(17)18/h4-8,11H,2-3,9H2,1H3,(H,16,19)(H,17,18)/b7-6+. The van der Waals surface area contributed by atoms with Crippen LogP contribution < -0.4 is 5.32 Å². The Balaban J connectivity index is 2.04. The highest BCUT2D eigenvalue weighted by atomic mass is 16.4. The fraction of sp³-hybridized carbons (Fsp3) is 0.333. The quantitative estimate of drug-likeness (QED) is 0.797. The van der Waals surface area contributed by atoms with Gasteiger partial charge in [0.1, 0.15) is 0 Å². The number of aliphatic carboxylic acids is 1. The molecule has 19 heavy (non-hydrogen) atoms. The summed E-state index contributed by atoms with van der Waals surface area (Å²) in [5, 5.41) is 11.5. The minimum absolute atomic E-state index is 0.0660. The average molecular weight is 259 g/mol. The highest BCUT2D eigenvalue weighted by Crippen LogP contribution is 2.27. The van der Waals surface area contributed by atoms with Crippen LogP contribution in [0.25, 0.3) is 6.08 Å². The van der Waals surface area contributed by atoms with Gasteiger partial charge in [-0.3, -0.25) is 4.79 Å². The van der Waals surface area contributed by atoms with Crippen LogP contribution in [0.5, 0.6) is 0 Å². The van der Waals surface area contributed by atoms with Crippen molar-refractivity contribution >= 4 is 18.0 Å². The van der Waals surface area contributed by atoms with E-state index in [0.717, 1.165) is 23.7 Å². The first-order valence-corrected chi connectivity index (χ1v) is 6.36. The van der Waals surface area contributed by atoms with Gasteiger partial charge in [-0.2, -0.15) is 0 Å². The van der Waals surface area contributed by atoms with Gasteiger partial charge in [-0.15, -0.1) is 0 Å². The number of hydrogen-bond donors (Lipinski definition) is 2. The molecule has 4 nitrogen and oxygen atoms in total. The molecule has 0 spiro atoms. The number of aryl methyl sites for hydroxylation is 1. The first-order valence-electron chi connectivity index (χ1n) is 6.36. The van der Waals surface area contributed by atoms with Crippen LogP contribution >= 0.6 is 0 Å². The van der Waals surface area contributed by atoms with E-state index in [1.54, 1.807) is 18.2 Å². The Morgan fingerprint density at radius 2 is 2.16 bits per heavy atom. The van der Waals surface area contributed by atoms with E-state index in [2.05, 4.69) is 5.32 Å². The third kappa shape index (κ3) is 3.95. The minimum Gasteiger partial charge on any atom is -0.478 e. The van der Waals surface area contributed by atoms with Gasteiger partial charge < -0.3 is 10.4 Å². The number of hydrogen-bond acceptors (Lipinski definition) is 2. The maximum Gasteiger partial charge on any atom is 0.328 e. The van der Waals surface area contributed by atoms with Crippen molar-refractivity contribution in [2.24, 2.45) is 5.92 Å². The lowest BCUT2D eigenvalue weighted by Crippen LogP contribution is -2.25. The lowest BCUT2D eigenvalue weighted by atomic mass is 10.0. The van der Waals surface area contributed by atoms with Gasteiger partial charge in [0, 0.05) is 18.2 Å². The summed E-state index contributed by atoms with van der Waals surface area (Å²) in [4.78, 5) is 22.3. The maximum absolute atomic E-state index is 11.9. The number of nitrogens with one attached hydrogen (secondary N) is 1. The van der Waals surface area contributed by atoms with Gasteiger partial charge in [-0.05, 0) is 55.0 Å². The topological polar surface area (TPSA) is 66.4 Å². The smallest absolute Gasteiger partial charge is 0.328 e. The van der Waals surface area contributed by atoms with E-state index in [0.29, 0.717) is 11.5 Å². The van der Waals surface area contributed by atoms with Crippen LogP contribution in [0.15, 0.2) is 24.3 Å². The third-order valence-corrected chi connectivity index (χ3v) is 3.19. The Labute approximate surface area is 112 Å². The second kappa shape index (κ2) is 5.69. The predicted octanol–water partition coefficient (Wildman–Crippen LogP) is 2.23. The monoisotopic (exact) mass is 259 g/mol. The normalized spacial score (nSPS) is 14.6. The van der Waals surface area contributed by atoms with Crippen molar-refractivity contribution < 1.29 is 14.7 Å². The van der Waals surface area contributed by atoms with E-state index in [1.807, 2.05) is 6.92 Å². The van der Waals surface area contributed by atoms with Crippen LogP contribution in [0.1, 0.15) is 34.3 Å². The maximum atomic E-state index is 11.9. The van der Waals surface area contributed by atoms with Gasteiger partial charge in [-0.1, -0.05) is 6.07 Å². The predicted molar refractivity (Wildman–Crippen MR) is 72.9 cm³/mol. The highest BCUT2D eigenvalue weighted by Gasteiger charge is 2.21. The van der Waals surface area contributed by atoms with Crippen LogP contribution in [0.4, 0.5) is 0 Å². The lowest BCUT2D eigenvalue weighted by molar-refractivity contribution is -0.131. The van der Waals surface area contributed by atoms with Crippen molar-refractivity contribution in [1.29, 1.82) is 0 Å². The molecule has 100 valence electrons. The van der Waals surface area contributed by atoms with Gasteiger partial charge in [0.2, 0.25) is 0 Å². The van der Waals surface area contributed by atoms with E-state index in [4.69, 9.17) is 5.11 Å². The Kier molecular flexibility index (Phi) is 4.00. The molecule has 0 heterocycles. The molecule has 4 heteroatoms. The molecule has 1 fully saturated rings. The molecule has 2 N–H and O–H groups in total. The molecule has 0 unspecified atom stereocenters. The molecular formula is C15H17NO3.